The molecule has 0 aliphatic carbocycles. The minimum atomic E-state index is 0.291. The van der Waals surface area contributed by atoms with E-state index in [4.69, 9.17) is 4.74 Å². The van der Waals surface area contributed by atoms with E-state index >= 15 is 0 Å². The third kappa shape index (κ3) is 4.35. The number of carbonyl (C=O) groups is 1. The van der Waals surface area contributed by atoms with Gasteiger partial charge in [0.25, 0.3) is 0 Å². The van der Waals surface area contributed by atoms with Crippen molar-refractivity contribution in [3.8, 4) is 0 Å². The van der Waals surface area contributed by atoms with Gasteiger partial charge in [-0.3, -0.25) is 4.79 Å². The molecule has 1 aliphatic heterocycles. The van der Waals surface area contributed by atoms with Crippen molar-refractivity contribution in [2.45, 2.75) is 25.7 Å². The molecule has 0 radical (unpaired) electrons. The van der Waals surface area contributed by atoms with Gasteiger partial charge in [0.15, 0.2) is 0 Å². The maximum Gasteiger partial charge on any atom is 0.222 e. The third-order valence-corrected chi connectivity index (χ3v) is 3.84. The number of carbonyl (C=O) groups excluding carboxylic acids is 1. The Hall–Kier alpha value is -1.35. The molecule has 0 N–H and O–H groups in total. The lowest BCUT2D eigenvalue weighted by atomic mass is 9.97. The molecule has 3 heteroatoms. The van der Waals surface area contributed by atoms with Crippen molar-refractivity contribution in [2.24, 2.45) is 5.92 Å². The number of nitrogens with zero attached hydrogens (tertiary/aromatic N) is 1. The summed E-state index contributed by atoms with van der Waals surface area (Å²) in [6.07, 6.45) is 3.62. The number of hydrogen-bond donors (Lipinski definition) is 0. The van der Waals surface area contributed by atoms with Crippen LogP contribution < -0.4 is 0 Å². The fourth-order valence-electron chi connectivity index (χ4n) is 2.64. The zero-order valence-electron chi connectivity index (χ0n) is 11.7. The van der Waals surface area contributed by atoms with Gasteiger partial charge in [0, 0.05) is 33.2 Å². The smallest absolute Gasteiger partial charge is 0.222 e. The van der Waals surface area contributed by atoms with Crippen molar-refractivity contribution >= 4 is 5.91 Å². The van der Waals surface area contributed by atoms with Crippen molar-refractivity contribution in [1.29, 1.82) is 0 Å². The first-order valence-corrected chi connectivity index (χ1v) is 7.10. The van der Waals surface area contributed by atoms with Gasteiger partial charge in [-0.05, 0) is 30.7 Å². The molecule has 0 saturated carbocycles. The van der Waals surface area contributed by atoms with E-state index < -0.39 is 0 Å². The maximum atomic E-state index is 12.1. The first-order valence-electron chi connectivity index (χ1n) is 7.10. The number of ether oxygens (including phenoxy) is 1. The number of piperidine rings is 1. The summed E-state index contributed by atoms with van der Waals surface area (Å²) in [4.78, 5) is 14.1. The summed E-state index contributed by atoms with van der Waals surface area (Å²) < 4.78 is 5.18. The quantitative estimate of drug-likeness (QED) is 0.815. The van der Waals surface area contributed by atoms with E-state index in [0.717, 1.165) is 39.0 Å². The average molecular weight is 261 g/mol. The molecule has 1 aliphatic rings. The van der Waals surface area contributed by atoms with Gasteiger partial charge in [0.05, 0.1) is 0 Å². The molecule has 1 aromatic carbocycles. The molecule has 1 fully saturated rings. The number of rotatable bonds is 5. The summed E-state index contributed by atoms with van der Waals surface area (Å²) in [6, 6.07) is 10.2. The normalized spacial score (nSPS) is 16.6. The van der Waals surface area contributed by atoms with E-state index in [0.29, 0.717) is 18.2 Å². The highest BCUT2D eigenvalue weighted by Crippen LogP contribution is 2.18. The molecule has 1 saturated heterocycles. The zero-order valence-corrected chi connectivity index (χ0v) is 11.7. The monoisotopic (exact) mass is 261 g/mol. The second-order valence-electron chi connectivity index (χ2n) is 5.27. The lowest BCUT2D eigenvalue weighted by molar-refractivity contribution is -0.132. The van der Waals surface area contributed by atoms with Crippen LogP contribution in [0.2, 0.25) is 0 Å². The van der Waals surface area contributed by atoms with E-state index in [9.17, 15) is 4.79 Å². The van der Waals surface area contributed by atoms with Gasteiger partial charge < -0.3 is 9.64 Å². The molecule has 0 atom stereocenters. The first kappa shape index (κ1) is 14.1. The number of hydrogen-bond acceptors (Lipinski definition) is 2. The Morgan fingerprint density at radius 1 is 1.26 bits per heavy atom. The van der Waals surface area contributed by atoms with E-state index in [-0.39, 0.29) is 0 Å². The summed E-state index contributed by atoms with van der Waals surface area (Å²) >= 11 is 0. The van der Waals surface area contributed by atoms with Crippen LogP contribution in [0.3, 0.4) is 0 Å². The molecule has 19 heavy (non-hydrogen) atoms. The van der Waals surface area contributed by atoms with Crippen LogP contribution in [0.5, 0.6) is 0 Å². The summed E-state index contributed by atoms with van der Waals surface area (Å²) in [6.45, 7) is 2.61. The van der Waals surface area contributed by atoms with Crippen LogP contribution in [0, 0.1) is 5.92 Å². The topological polar surface area (TPSA) is 29.5 Å². The summed E-state index contributed by atoms with van der Waals surface area (Å²) in [5, 5.41) is 0. The third-order valence-electron chi connectivity index (χ3n) is 3.84. The van der Waals surface area contributed by atoms with Crippen molar-refractivity contribution in [2.75, 3.05) is 26.8 Å². The van der Waals surface area contributed by atoms with Crippen LogP contribution in [0.1, 0.15) is 24.8 Å². The molecular weight excluding hydrogens is 238 g/mol. The Morgan fingerprint density at radius 2 is 1.95 bits per heavy atom. The molecule has 0 bridgehead atoms. The van der Waals surface area contributed by atoms with Gasteiger partial charge in [-0.25, -0.2) is 0 Å². The summed E-state index contributed by atoms with van der Waals surface area (Å²) in [7, 11) is 1.75. The van der Waals surface area contributed by atoms with E-state index in [1.807, 2.05) is 23.1 Å². The van der Waals surface area contributed by atoms with Crippen LogP contribution in [-0.2, 0) is 16.0 Å². The van der Waals surface area contributed by atoms with Crippen molar-refractivity contribution in [3.63, 3.8) is 0 Å². The Morgan fingerprint density at radius 3 is 2.58 bits per heavy atom. The Kier molecular flexibility index (Phi) is 5.40. The number of benzene rings is 1. The van der Waals surface area contributed by atoms with E-state index in [2.05, 4.69) is 12.1 Å². The SMILES string of the molecule is COCC1CCN(C(=O)CCc2ccccc2)CC1. The molecule has 1 heterocycles. The van der Waals surface area contributed by atoms with Gasteiger partial charge in [0.1, 0.15) is 0 Å². The Labute approximate surface area is 115 Å². The molecular formula is C16H23NO2. The van der Waals surface area contributed by atoms with Crippen LogP contribution in [-0.4, -0.2) is 37.6 Å². The molecule has 0 aromatic heterocycles. The molecule has 3 nitrogen and oxygen atoms in total. The van der Waals surface area contributed by atoms with Crippen LogP contribution in [0.4, 0.5) is 0 Å². The fraction of sp³-hybridized carbons (Fsp3) is 0.562. The minimum Gasteiger partial charge on any atom is -0.384 e. The van der Waals surface area contributed by atoms with Gasteiger partial charge in [-0.2, -0.15) is 0 Å². The Bertz CT molecular complexity index is 383. The van der Waals surface area contributed by atoms with Crippen LogP contribution >= 0.6 is 0 Å². The summed E-state index contributed by atoms with van der Waals surface area (Å²) in [5.41, 5.74) is 1.24. The van der Waals surface area contributed by atoms with E-state index in [1.165, 1.54) is 5.56 Å². The first-order chi connectivity index (χ1) is 9.29. The highest BCUT2D eigenvalue weighted by molar-refractivity contribution is 5.76. The maximum absolute atomic E-state index is 12.1. The van der Waals surface area contributed by atoms with E-state index in [1.54, 1.807) is 7.11 Å². The number of methoxy groups -OCH3 is 1. The molecule has 1 amide bonds. The van der Waals surface area contributed by atoms with Gasteiger partial charge in [-0.1, -0.05) is 30.3 Å². The minimum absolute atomic E-state index is 0.291. The second kappa shape index (κ2) is 7.29. The predicted octanol–water partition coefficient (Wildman–Crippen LogP) is 2.50. The largest absolute Gasteiger partial charge is 0.384 e. The number of likely N-dealkylation sites (tertiary alicyclic amines) is 1. The van der Waals surface area contributed by atoms with Crippen LogP contribution in [0.25, 0.3) is 0 Å². The molecule has 1 aromatic rings. The number of amides is 1. The fourth-order valence-corrected chi connectivity index (χ4v) is 2.64. The second-order valence-corrected chi connectivity index (χ2v) is 5.27. The van der Waals surface area contributed by atoms with Crippen molar-refractivity contribution < 1.29 is 9.53 Å². The zero-order chi connectivity index (χ0) is 13.5. The highest BCUT2D eigenvalue weighted by Gasteiger charge is 2.22. The van der Waals surface area contributed by atoms with Crippen LogP contribution in [0.15, 0.2) is 30.3 Å². The lowest BCUT2D eigenvalue weighted by Crippen LogP contribution is -2.39. The molecule has 0 spiro atoms. The molecule has 2 rings (SSSR count). The number of aryl methyl sites for hydroxylation is 1. The standard InChI is InChI=1S/C16H23NO2/c1-19-13-15-9-11-17(12-10-15)16(18)8-7-14-5-3-2-4-6-14/h2-6,15H,7-13H2,1H3. The Balaban J connectivity index is 1.73. The van der Waals surface area contributed by atoms with Crippen molar-refractivity contribution in [3.05, 3.63) is 35.9 Å². The molecule has 104 valence electrons. The average Bonchev–Trinajstić information content (AvgIpc) is 2.47. The molecule has 0 unspecified atom stereocenters. The van der Waals surface area contributed by atoms with Gasteiger partial charge in [-0.15, -0.1) is 0 Å². The predicted molar refractivity (Wildman–Crippen MR) is 75.9 cm³/mol. The highest BCUT2D eigenvalue weighted by atomic mass is 16.5. The van der Waals surface area contributed by atoms with Gasteiger partial charge in [0.2, 0.25) is 5.91 Å². The lowest BCUT2D eigenvalue weighted by Gasteiger charge is -2.31. The summed E-state index contributed by atoms with van der Waals surface area (Å²) in [5.74, 6) is 0.919. The van der Waals surface area contributed by atoms with Crippen molar-refractivity contribution in [1.82, 2.24) is 4.90 Å². The van der Waals surface area contributed by atoms with Gasteiger partial charge >= 0.3 is 0 Å².